The van der Waals surface area contributed by atoms with Gasteiger partial charge in [-0.05, 0) is 12.1 Å². The van der Waals surface area contributed by atoms with Gasteiger partial charge in [-0.2, -0.15) is 4.98 Å². The number of H-pyrrole nitrogens is 1. The highest BCUT2D eigenvalue weighted by Gasteiger charge is 2.04. The van der Waals surface area contributed by atoms with Crippen molar-refractivity contribution >= 4 is 11.6 Å². The fraction of sp³-hybridized carbons (Fsp3) is 0. The minimum atomic E-state index is -0.445. The Morgan fingerprint density at radius 1 is 1.40 bits per heavy atom. The van der Waals surface area contributed by atoms with Crippen LogP contribution in [0.1, 0.15) is 0 Å². The third-order valence-electron chi connectivity index (χ3n) is 1.69. The van der Waals surface area contributed by atoms with Crippen LogP contribution in [0, 0.1) is 0 Å². The van der Waals surface area contributed by atoms with Crippen molar-refractivity contribution in [1.82, 2.24) is 15.0 Å². The second kappa shape index (κ2) is 3.70. The molecule has 0 aliphatic heterocycles. The molecule has 6 heteroatoms. The Morgan fingerprint density at radius 2 is 2.20 bits per heavy atom. The molecular weight excluding hydrogens is 218 g/mol. The summed E-state index contributed by atoms with van der Waals surface area (Å²) in [6, 6.07) is 4.12. The van der Waals surface area contributed by atoms with Gasteiger partial charge in [0.2, 0.25) is 5.88 Å². The summed E-state index contributed by atoms with van der Waals surface area (Å²) < 4.78 is 0. The maximum atomic E-state index is 11.1. The number of pyridine rings is 1. The van der Waals surface area contributed by atoms with Gasteiger partial charge in [0, 0.05) is 11.2 Å². The zero-order valence-corrected chi connectivity index (χ0v) is 8.19. The standard InChI is InChI=1S/C9H6ClN3O2/c10-5-1-2-11-6(3-5)9-12-7(14)4-8(15)13-9/h1-4H,(H2,12,13,14,15). The average molecular weight is 224 g/mol. The van der Waals surface area contributed by atoms with E-state index in [1.807, 2.05) is 0 Å². The summed E-state index contributed by atoms with van der Waals surface area (Å²) in [5.41, 5.74) is -0.0465. The molecule has 0 aliphatic carbocycles. The number of hydrogen-bond acceptors (Lipinski definition) is 4. The van der Waals surface area contributed by atoms with Crippen molar-refractivity contribution in [3.63, 3.8) is 0 Å². The summed E-state index contributed by atoms with van der Waals surface area (Å²) >= 11 is 5.75. The Kier molecular flexibility index (Phi) is 2.39. The van der Waals surface area contributed by atoms with Gasteiger partial charge in [0.1, 0.15) is 5.69 Å². The molecule has 2 N–H and O–H groups in total. The second-order valence-corrected chi connectivity index (χ2v) is 3.25. The first kappa shape index (κ1) is 9.67. The quantitative estimate of drug-likeness (QED) is 0.761. The van der Waals surface area contributed by atoms with Crippen molar-refractivity contribution in [2.75, 3.05) is 0 Å². The molecule has 15 heavy (non-hydrogen) atoms. The number of halogens is 1. The van der Waals surface area contributed by atoms with E-state index in [0.717, 1.165) is 6.07 Å². The van der Waals surface area contributed by atoms with Crippen LogP contribution in [0.25, 0.3) is 11.5 Å². The number of nitrogens with one attached hydrogen (secondary N) is 1. The molecule has 0 fully saturated rings. The van der Waals surface area contributed by atoms with E-state index >= 15 is 0 Å². The average Bonchev–Trinajstić information content (AvgIpc) is 2.16. The topological polar surface area (TPSA) is 78.9 Å². The summed E-state index contributed by atoms with van der Waals surface area (Å²) in [6.07, 6.45) is 1.49. The largest absolute Gasteiger partial charge is 0.493 e. The van der Waals surface area contributed by atoms with Crippen molar-refractivity contribution in [2.24, 2.45) is 0 Å². The van der Waals surface area contributed by atoms with Gasteiger partial charge in [0.15, 0.2) is 5.82 Å². The molecule has 0 amide bonds. The molecule has 2 aromatic rings. The highest BCUT2D eigenvalue weighted by atomic mass is 35.5. The highest BCUT2D eigenvalue weighted by Crippen LogP contribution is 2.16. The van der Waals surface area contributed by atoms with Gasteiger partial charge in [-0.15, -0.1) is 0 Å². The molecule has 0 bridgehead atoms. The summed E-state index contributed by atoms with van der Waals surface area (Å²) in [5.74, 6) is -0.168. The minimum Gasteiger partial charge on any atom is -0.493 e. The number of aromatic amines is 1. The molecule has 5 nitrogen and oxygen atoms in total. The molecule has 2 heterocycles. The van der Waals surface area contributed by atoms with Crippen LogP contribution < -0.4 is 5.56 Å². The van der Waals surface area contributed by atoms with Gasteiger partial charge in [-0.3, -0.25) is 9.78 Å². The van der Waals surface area contributed by atoms with Crippen LogP contribution in [0.3, 0.4) is 0 Å². The zero-order chi connectivity index (χ0) is 10.8. The Labute approximate surface area is 89.4 Å². The fourth-order valence-electron chi connectivity index (χ4n) is 1.10. The van der Waals surface area contributed by atoms with Gasteiger partial charge < -0.3 is 10.1 Å². The van der Waals surface area contributed by atoms with Gasteiger partial charge in [-0.1, -0.05) is 11.6 Å². The Balaban J connectivity index is 2.59. The molecule has 0 radical (unpaired) electrons. The molecular formula is C9H6ClN3O2. The van der Waals surface area contributed by atoms with E-state index in [0.29, 0.717) is 10.7 Å². The third-order valence-corrected chi connectivity index (χ3v) is 1.93. The lowest BCUT2D eigenvalue weighted by Crippen LogP contribution is -2.07. The van der Waals surface area contributed by atoms with Crippen LogP contribution >= 0.6 is 11.6 Å². The van der Waals surface area contributed by atoms with E-state index in [4.69, 9.17) is 16.7 Å². The van der Waals surface area contributed by atoms with Gasteiger partial charge in [0.25, 0.3) is 5.56 Å². The van der Waals surface area contributed by atoms with E-state index < -0.39 is 5.56 Å². The van der Waals surface area contributed by atoms with Crippen LogP contribution in [0.15, 0.2) is 29.2 Å². The fourth-order valence-corrected chi connectivity index (χ4v) is 1.26. The first-order valence-electron chi connectivity index (χ1n) is 4.07. The van der Waals surface area contributed by atoms with Gasteiger partial charge >= 0.3 is 0 Å². The SMILES string of the molecule is O=c1cc(O)nc(-c2cc(Cl)ccn2)[nH]1. The normalized spacial score (nSPS) is 10.2. The number of aromatic hydroxyl groups is 1. The Hall–Kier alpha value is -1.88. The summed E-state index contributed by atoms with van der Waals surface area (Å²) in [6.45, 7) is 0. The van der Waals surface area contributed by atoms with Crippen LogP contribution in [0.4, 0.5) is 0 Å². The Morgan fingerprint density at radius 3 is 2.87 bits per heavy atom. The van der Waals surface area contributed by atoms with Crippen LogP contribution in [0.2, 0.25) is 5.02 Å². The summed E-state index contributed by atoms with van der Waals surface area (Å²) in [7, 11) is 0. The van der Waals surface area contributed by atoms with Crippen molar-refractivity contribution in [1.29, 1.82) is 0 Å². The summed E-state index contributed by atoms with van der Waals surface area (Å²) in [4.78, 5) is 21.2. The van der Waals surface area contributed by atoms with E-state index in [9.17, 15) is 4.79 Å². The molecule has 0 atom stereocenters. The summed E-state index contributed by atoms with van der Waals surface area (Å²) in [5, 5.41) is 9.61. The number of aromatic nitrogens is 3. The zero-order valence-electron chi connectivity index (χ0n) is 7.44. The lowest BCUT2D eigenvalue weighted by atomic mass is 10.3. The second-order valence-electron chi connectivity index (χ2n) is 2.81. The van der Waals surface area contributed by atoms with E-state index in [2.05, 4.69) is 15.0 Å². The maximum absolute atomic E-state index is 11.1. The lowest BCUT2D eigenvalue weighted by Gasteiger charge is -1.99. The van der Waals surface area contributed by atoms with Crippen LogP contribution in [0.5, 0.6) is 5.88 Å². The molecule has 0 aliphatic rings. The highest BCUT2D eigenvalue weighted by molar-refractivity contribution is 6.30. The lowest BCUT2D eigenvalue weighted by molar-refractivity contribution is 0.452. The number of rotatable bonds is 1. The predicted octanol–water partition coefficient (Wildman–Crippen LogP) is 1.19. The maximum Gasteiger partial charge on any atom is 0.255 e. The van der Waals surface area contributed by atoms with Crippen molar-refractivity contribution in [3.05, 3.63) is 39.8 Å². The van der Waals surface area contributed by atoms with E-state index in [1.54, 1.807) is 12.1 Å². The van der Waals surface area contributed by atoms with Gasteiger partial charge in [-0.25, -0.2) is 0 Å². The van der Waals surface area contributed by atoms with Crippen LogP contribution in [-0.2, 0) is 0 Å². The molecule has 0 spiro atoms. The van der Waals surface area contributed by atoms with Crippen molar-refractivity contribution in [3.8, 4) is 17.4 Å². The molecule has 0 saturated heterocycles. The monoisotopic (exact) mass is 223 g/mol. The predicted molar refractivity (Wildman–Crippen MR) is 54.8 cm³/mol. The van der Waals surface area contributed by atoms with Crippen molar-refractivity contribution < 1.29 is 5.11 Å². The smallest absolute Gasteiger partial charge is 0.255 e. The van der Waals surface area contributed by atoms with E-state index in [-0.39, 0.29) is 11.7 Å². The number of hydrogen-bond donors (Lipinski definition) is 2. The third kappa shape index (κ3) is 2.13. The first-order chi connectivity index (χ1) is 7.15. The Bertz CT molecular complexity index is 553. The molecule has 0 saturated carbocycles. The molecule has 2 rings (SSSR count). The number of nitrogens with zero attached hydrogens (tertiary/aromatic N) is 2. The van der Waals surface area contributed by atoms with E-state index in [1.165, 1.54) is 6.20 Å². The van der Waals surface area contributed by atoms with Crippen LogP contribution in [-0.4, -0.2) is 20.1 Å². The van der Waals surface area contributed by atoms with Crippen molar-refractivity contribution in [2.45, 2.75) is 0 Å². The first-order valence-corrected chi connectivity index (χ1v) is 4.45. The molecule has 0 unspecified atom stereocenters. The minimum absolute atomic E-state index is 0.183. The molecule has 2 aromatic heterocycles. The molecule has 0 aromatic carbocycles. The molecule has 76 valence electrons. The van der Waals surface area contributed by atoms with Gasteiger partial charge in [0.05, 0.1) is 6.07 Å².